The van der Waals surface area contributed by atoms with Crippen LogP contribution in [0.1, 0.15) is 35.6 Å². The van der Waals surface area contributed by atoms with E-state index < -0.39 is 29.9 Å². The van der Waals surface area contributed by atoms with E-state index in [1.54, 1.807) is 49.0 Å². The van der Waals surface area contributed by atoms with Gasteiger partial charge in [0.05, 0.1) is 17.1 Å². The van der Waals surface area contributed by atoms with Gasteiger partial charge < -0.3 is 15.4 Å². The van der Waals surface area contributed by atoms with Crippen LogP contribution in [0.5, 0.6) is 0 Å². The summed E-state index contributed by atoms with van der Waals surface area (Å²) < 4.78 is 6.83. The van der Waals surface area contributed by atoms with E-state index >= 15 is 0 Å². The number of esters is 1. The van der Waals surface area contributed by atoms with Crippen LogP contribution in [0.25, 0.3) is 0 Å². The van der Waals surface area contributed by atoms with Crippen molar-refractivity contribution in [3.05, 3.63) is 47.3 Å². The highest BCUT2D eigenvalue weighted by atomic mass is 16.5. The maximum atomic E-state index is 12.3. The summed E-state index contributed by atoms with van der Waals surface area (Å²) in [5.41, 5.74) is 2.49. The minimum atomic E-state index is -1.02. The topological polar surface area (TPSA) is 102 Å². The lowest BCUT2D eigenvalue weighted by Gasteiger charge is -2.17. The van der Waals surface area contributed by atoms with Gasteiger partial charge in [-0.15, -0.1) is 0 Å². The minimum absolute atomic E-state index is 0.390. The van der Waals surface area contributed by atoms with Crippen LogP contribution in [0.15, 0.2) is 30.3 Å². The van der Waals surface area contributed by atoms with Crippen molar-refractivity contribution in [2.24, 2.45) is 7.05 Å². The predicted octanol–water partition coefficient (Wildman–Crippen LogP) is 1.73. The molecular weight excluding hydrogens is 348 g/mol. The molecule has 0 bridgehead atoms. The first-order chi connectivity index (χ1) is 12.7. The number of aromatic nitrogens is 2. The van der Waals surface area contributed by atoms with E-state index in [1.165, 1.54) is 13.8 Å². The Hall–Kier alpha value is -3.16. The standard InChI is InChI=1S/C19H24N4O4/c1-11-16(13(3)23(5)22-11)21-17(24)14(4)27-19(26)12(2)20-18(25)15-9-7-6-8-10-15/h6-10,12,14H,1-5H3,(H,20,25)(H,21,24)/t12-,14-/m0/s1. The highest BCUT2D eigenvalue weighted by Gasteiger charge is 2.24. The van der Waals surface area contributed by atoms with Crippen LogP contribution in [-0.4, -0.2) is 39.7 Å². The van der Waals surface area contributed by atoms with E-state index in [9.17, 15) is 14.4 Å². The zero-order valence-corrected chi connectivity index (χ0v) is 16.1. The van der Waals surface area contributed by atoms with Gasteiger partial charge in [0.25, 0.3) is 11.8 Å². The molecule has 144 valence electrons. The fourth-order valence-electron chi connectivity index (χ4n) is 2.44. The molecule has 2 amide bonds. The van der Waals surface area contributed by atoms with Crippen LogP contribution < -0.4 is 10.6 Å². The van der Waals surface area contributed by atoms with Crippen molar-refractivity contribution in [2.45, 2.75) is 39.8 Å². The van der Waals surface area contributed by atoms with Crippen molar-refractivity contribution in [3.8, 4) is 0 Å². The average molecular weight is 372 g/mol. The molecule has 8 heteroatoms. The molecular formula is C19H24N4O4. The van der Waals surface area contributed by atoms with Gasteiger partial charge in [-0.05, 0) is 39.8 Å². The molecule has 2 N–H and O–H groups in total. The molecule has 0 saturated carbocycles. The van der Waals surface area contributed by atoms with Gasteiger partial charge in [-0.2, -0.15) is 5.10 Å². The summed E-state index contributed by atoms with van der Waals surface area (Å²) in [6.45, 7) is 6.58. The SMILES string of the molecule is Cc1nn(C)c(C)c1NC(=O)[C@H](C)OC(=O)[C@H](C)NC(=O)c1ccccc1. The number of hydrogen-bond donors (Lipinski definition) is 2. The zero-order chi connectivity index (χ0) is 20.1. The summed E-state index contributed by atoms with van der Waals surface area (Å²) in [5, 5.41) is 9.50. The molecule has 1 aromatic heterocycles. The van der Waals surface area contributed by atoms with Crippen molar-refractivity contribution in [1.29, 1.82) is 0 Å². The molecule has 1 heterocycles. The Morgan fingerprint density at radius 3 is 2.30 bits per heavy atom. The highest BCUT2D eigenvalue weighted by Crippen LogP contribution is 2.18. The molecule has 0 saturated heterocycles. The van der Waals surface area contributed by atoms with Gasteiger partial charge in [0.2, 0.25) is 0 Å². The van der Waals surface area contributed by atoms with E-state index in [0.717, 1.165) is 5.69 Å². The van der Waals surface area contributed by atoms with Crippen molar-refractivity contribution < 1.29 is 19.1 Å². The normalized spacial score (nSPS) is 12.8. The number of carbonyl (C=O) groups is 3. The van der Waals surface area contributed by atoms with Crippen LogP contribution in [0.4, 0.5) is 5.69 Å². The molecule has 2 rings (SSSR count). The molecule has 0 radical (unpaired) electrons. The molecule has 8 nitrogen and oxygen atoms in total. The van der Waals surface area contributed by atoms with Gasteiger partial charge >= 0.3 is 5.97 Å². The molecule has 0 spiro atoms. The molecule has 2 aromatic rings. The van der Waals surface area contributed by atoms with Crippen molar-refractivity contribution >= 4 is 23.5 Å². The quantitative estimate of drug-likeness (QED) is 0.752. The van der Waals surface area contributed by atoms with Crippen LogP contribution in [0.3, 0.4) is 0 Å². The molecule has 0 aliphatic rings. The van der Waals surface area contributed by atoms with Crippen LogP contribution in [-0.2, 0) is 21.4 Å². The van der Waals surface area contributed by atoms with Crippen LogP contribution >= 0.6 is 0 Å². The molecule has 27 heavy (non-hydrogen) atoms. The monoisotopic (exact) mass is 372 g/mol. The van der Waals surface area contributed by atoms with Crippen LogP contribution in [0, 0.1) is 13.8 Å². The lowest BCUT2D eigenvalue weighted by molar-refractivity contribution is -0.154. The Kier molecular flexibility index (Phi) is 6.33. The maximum absolute atomic E-state index is 12.3. The number of rotatable bonds is 6. The Bertz CT molecular complexity index is 845. The summed E-state index contributed by atoms with van der Waals surface area (Å²) in [7, 11) is 1.78. The number of hydrogen-bond acceptors (Lipinski definition) is 5. The van der Waals surface area contributed by atoms with Gasteiger partial charge in [0, 0.05) is 12.6 Å². The smallest absolute Gasteiger partial charge is 0.329 e. The Morgan fingerprint density at radius 2 is 1.74 bits per heavy atom. The number of nitrogens with zero attached hydrogens (tertiary/aromatic N) is 2. The zero-order valence-electron chi connectivity index (χ0n) is 16.1. The van der Waals surface area contributed by atoms with Gasteiger partial charge in [-0.25, -0.2) is 4.79 Å². The van der Waals surface area contributed by atoms with E-state index in [-0.39, 0.29) is 0 Å². The average Bonchev–Trinajstić information content (AvgIpc) is 2.88. The minimum Gasteiger partial charge on any atom is -0.451 e. The fraction of sp³-hybridized carbons (Fsp3) is 0.368. The van der Waals surface area contributed by atoms with Crippen molar-refractivity contribution in [2.75, 3.05) is 5.32 Å². The third-order valence-corrected chi connectivity index (χ3v) is 4.16. The van der Waals surface area contributed by atoms with Gasteiger partial charge in [0.1, 0.15) is 6.04 Å². The lowest BCUT2D eigenvalue weighted by atomic mass is 10.2. The van der Waals surface area contributed by atoms with Gasteiger partial charge in [-0.3, -0.25) is 14.3 Å². The second-order valence-electron chi connectivity index (χ2n) is 6.30. The Labute approximate surface area is 157 Å². The third kappa shape index (κ3) is 4.93. The van der Waals surface area contributed by atoms with Gasteiger partial charge in [-0.1, -0.05) is 18.2 Å². The third-order valence-electron chi connectivity index (χ3n) is 4.16. The maximum Gasteiger partial charge on any atom is 0.329 e. The number of amides is 2. The summed E-state index contributed by atoms with van der Waals surface area (Å²) in [4.78, 5) is 36.6. The molecule has 0 aliphatic carbocycles. The second kappa shape index (κ2) is 8.48. The molecule has 0 aliphatic heterocycles. The highest BCUT2D eigenvalue weighted by molar-refractivity contribution is 5.98. The molecule has 2 atom stereocenters. The summed E-state index contributed by atoms with van der Waals surface area (Å²) in [6, 6.07) is 7.64. The van der Waals surface area contributed by atoms with E-state index in [1.807, 2.05) is 6.92 Å². The predicted molar refractivity (Wildman–Crippen MR) is 100 cm³/mol. The summed E-state index contributed by atoms with van der Waals surface area (Å²) in [6.07, 6.45) is -1.02. The summed E-state index contributed by atoms with van der Waals surface area (Å²) >= 11 is 0. The summed E-state index contributed by atoms with van der Waals surface area (Å²) in [5.74, 6) is -1.55. The van der Waals surface area contributed by atoms with E-state index in [4.69, 9.17) is 4.74 Å². The van der Waals surface area contributed by atoms with Crippen molar-refractivity contribution in [3.63, 3.8) is 0 Å². The molecule has 0 fully saturated rings. The number of carbonyl (C=O) groups excluding carboxylic acids is 3. The number of anilines is 1. The van der Waals surface area contributed by atoms with Crippen molar-refractivity contribution in [1.82, 2.24) is 15.1 Å². The number of nitrogens with one attached hydrogen (secondary N) is 2. The molecule has 1 aromatic carbocycles. The Morgan fingerprint density at radius 1 is 1.11 bits per heavy atom. The largest absolute Gasteiger partial charge is 0.451 e. The first-order valence-electron chi connectivity index (χ1n) is 8.58. The number of aryl methyl sites for hydroxylation is 2. The van der Waals surface area contributed by atoms with Gasteiger partial charge in [0.15, 0.2) is 6.10 Å². The Balaban J connectivity index is 1.92. The molecule has 0 unspecified atom stereocenters. The van der Waals surface area contributed by atoms with E-state index in [0.29, 0.717) is 16.9 Å². The number of ether oxygens (including phenoxy) is 1. The van der Waals surface area contributed by atoms with E-state index in [2.05, 4.69) is 15.7 Å². The lowest BCUT2D eigenvalue weighted by Crippen LogP contribution is -2.42. The first-order valence-corrected chi connectivity index (χ1v) is 8.58. The number of benzene rings is 1. The fourth-order valence-corrected chi connectivity index (χ4v) is 2.44. The van der Waals surface area contributed by atoms with Crippen LogP contribution in [0.2, 0.25) is 0 Å². The first kappa shape index (κ1) is 20.2. The second-order valence-corrected chi connectivity index (χ2v) is 6.30.